The predicted molar refractivity (Wildman–Crippen MR) is 60.8 cm³/mol. The molecular weight excluding hydrogens is 174 g/mol. The van der Waals surface area contributed by atoms with Crippen molar-refractivity contribution in [3.8, 4) is 5.75 Å². The second-order valence-electron chi connectivity index (χ2n) is 3.91. The van der Waals surface area contributed by atoms with Gasteiger partial charge in [-0.15, -0.1) is 0 Å². The van der Waals surface area contributed by atoms with Crippen molar-refractivity contribution in [2.24, 2.45) is 5.92 Å². The number of rotatable bonds is 4. The highest BCUT2D eigenvalue weighted by molar-refractivity contribution is 5.47. The molecule has 0 unspecified atom stereocenters. The van der Waals surface area contributed by atoms with Crippen molar-refractivity contribution >= 4 is 5.69 Å². The number of phenols is 1. The molecule has 2 heteroatoms. The van der Waals surface area contributed by atoms with Crippen LogP contribution in [-0.4, -0.2) is 18.7 Å². The van der Waals surface area contributed by atoms with Gasteiger partial charge in [0.2, 0.25) is 0 Å². The zero-order valence-corrected chi connectivity index (χ0v) is 9.20. The van der Waals surface area contributed by atoms with E-state index in [-0.39, 0.29) is 0 Å². The van der Waals surface area contributed by atoms with E-state index < -0.39 is 0 Å². The van der Waals surface area contributed by atoms with Crippen LogP contribution in [-0.2, 0) is 0 Å². The SMILES string of the molecule is CC[C@H](C)CN(C)c1ccc(O)cc1. The minimum Gasteiger partial charge on any atom is -0.508 e. The number of aromatic hydroxyl groups is 1. The van der Waals surface area contributed by atoms with Crippen LogP contribution in [0.5, 0.6) is 5.75 Å². The Kier molecular flexibility index (Phi) is 3.81. The monoisotopic (exact) mass is 193 g/mol. The lowest BCUT2D eigenvalue weighted by Gasteiger charge is -2.22. The van der Waals surface area contributed by atoms with Crippen LogP contribution >= 0.6 is 0 Å². The first-order valence-corrected chi connectivity index (χ1v) is 5.13. The van der Waals surface area contributed by atoms with Gasteiger partial charge in [0.15, 0.2) is 0 Å². The second kappa shape index (κ2) is 4.89. The van der Waals surface area contributed by atoms with Crippen LogP contribution in [0.1, 0.15) is 20.3 Å². The maximum absolute atomic E-state index is 9.15. The standard InChI is InChI=1S/C12H19NO/c1-4-10(2)9-13(3)11-5-7-12(14)8-6-11/h5-8,10,14H,4,9H2,1-3H3/t10-/m0/s1. The molecule has 1 rings (SSSR count). The van der Waals surface area contributed by atoms with Crippen molar-refractivity contribution in [2.75, 3.05) is 18.5 Å². The van der Waals surface area contributed by atoms with Gasteiger partial charge in [0.25, 0.3) is 0 Å². The topological polar surface area (TPSA) is 23.5 Å². The first-order valence-electron chi connectivity index (χ1n) is 5.13. The van der Waals surface area contributed by atoms with E-state index in [0.29, 0.717) is 11.7 Å². The third kappa shape index (κ3) is 2.95. The number of hydrogen-bond acceptors (Lipinski definition) is 2. The van der Waals surface area contributed by atoms with Gasteiger partial charge in [0.05, 0.1) is 0 Å². The Hall–Kier alpha value is -1.18. The quantitative estimate of drug-likeness (QED) is 0.794. The van der Waals surface area contributed by atoms with E-state index in [1.54, 1.807) is 12.1 Å². The Morgan fingerprint density at radius 2 is 1.86 bits per heavy atom. The summed E-state index contributed by atoms with van der Waals surface area (Å²) in [4.78, 5) is 2.22. The highest BCUT2D eigenvalue weighted by Gasteiger charge is 2.04. The van der Waals surface area contributed by atoms with Crippen LogP contribution in [0.25, 0.3) is 0 Å². The number of nitrogens with zero attached hydrogens (tertiary/aromatic N) is 1. The number of benzene rings is 1. The van der Waals surface area contributed by atoms with E-state index in [9.17, 15) is 0 Å². The molecule has 0 spiro atoms. The summed E-state index contributed by atoms with van der Waals surface area (Å²) in [5, 5.41) is 9.15. The van der Waals surface area contributed by atoms with Gasteiger partial charge >= 0.3 is 0 Å². The molecule has 0 fully saturated rings. The molecule has 0 aliphatic rings. The molecule has 0 aromatic heterocycles. The van der Waals surface area contributed by atoms with Crippen LogP contribution in [0.2, 0.25) is 0 Å². The third-order valence-electron chi connectivity index (χ3n) is 2.57. The number of anilines is 1. The van der Waals surface area contributed by atoms with Crippen LogP contribution in [0.3, 0.4) is 0 Å². The van der Waals surface area contributed by atoms with Gasteiger partial charge in [-0.3, -0.25) is 0 Å². The molecule has 1 atom stereocenters. The number of hydrogen-bond donors (Lipinski definition) is 1. The first-order chi connectivity index (χ1) is 6.63. The maximum atomic E-state index is 9.15. The predicted octanol–water partition coefficient (Wildman–Crippen LogP) is 2.87. The van der Waals surface area contributed by atoms with E-state index in [1.807, 2.05) is 12.1 Å². The van der Waals surface area contributed by atoms with Gasteiger partial charge in [0.1, 0.15) is 5.75 Å². The highest BCUT2D eigenvalue weighted by atomic mass is 16.3. The molecule has 0 radical (unpaired) electrons. The zero-order chi connectivity index (χ0) is 10.6. The lowest BCUT2D eigenvalue weighted by molar-refractivity contribution is 0.475. The minimum atomic E-state index is 0.325. The van der Waals surface area contributed by atoms with Crippen molar-refractivity contribution in [3.63, 3.8) is 0 Å². The lowest BCUT2D eigenvalue weighted by atomic mass is 10.1. The summed E-state index contributed by atoms with van der Waals surface area (Å²) in [5.74, 6) is 1.03. The molecule has 0 aliphatic heterocycles. The molecule has 2 nitrogen and oxygen atoms in total. The van der Waals surface area contributed by atoms with Gasteiger partial charge in [-0.05, 0) is 30.2 Å². The molecule has 1 aromatic carbocycles. The summed E-state index contributed by atoms with van der Waals surface area (Å²) in [6.07, 6.45) is 1.20. The molecular formula is C12H19NO. The average molecular weight is 193 g/mol. The van der Waals surface area contributed by atoms with Gasteiger partial charge in [0, 0.05) is 19.3 Å². The summed E-state index contributed by atoms with van der Waals surface area (Å²) in [7, 11) is 2.08. The van der Waals surface area contributed by atoms with Crippen molar-refractivity contribution in [1.29, 1.82) is 0 Å². The Morgan fingerprint density at radius 1 is 1.29 bits per heavy atom. The Bertz CT molecular complexity index is 268. The molecule has 0 amide bonds. The molecule has 0 heterocycles. The van der Waals surface area contributed by atoms with Gasteiger partial charge < -0.3 is 10.0 Å². The summed E-state index contributed by atoms with van der Waals surface area (Å²) in [5.41, 5.74) is 1.16. The van der Waals surface area contributed by atoms with Gasteiger partial charge in [-0.25, -0.2) is 0 Å². The molecule has 1 N–H and O–H groups in total. The molecule has 0 bridgehead atoms. The zero-order valence-electron chi connectivity index (χ0n) is 9.20. The van der Waals surface area contributed by atoms with E-state index >= 15 is 0 Å². The Balaban J connectivity index is 2.60. The average Bonchev–Trinajstić information content (AvgIpc) is 2.18. The van der Waals surface area contributed by atoms with Gasteiger partial charge in [-0.2, -0.15) is 0 Å². The van der Waals surface area contributed by atoms with Gasteiger partial charge in [-0.1, -0.05) is 20.3 Å². The first kappa shape index (κ1) is 10.9. The van der Waals surface area contributed by atoms with Crippen LogP contribution in [0.15, 0.2) is 24.3 Å². The van der Waals surface area contributed by atoms with Crippen LogP contribution in [0, 0.1) is 5.92 Å². The lowest BCUT2D eigenvalue weighted by Crippen LogP contribution is -2.23. The fraction of sp³-hybridized carbons (Fsp3) is 0.500. The molecule has 78 valence electrons. The smallest absolute Gasteiger partial charge is 0.115 e. The number of phenolic OH excluding ortho intramolecular Hbond substituents is 1. The molecule has 14 heavy (non-hydrogen) atoms. The normalized spacial score (nSPS) is 12.5. The molecule has 0 saturated carbocycles. The summed E-state index contributed by atoms with van der Waals surface area (Å²) >= 11 is 0. The van der Waals surface area contributed by atoms with E-state index in [4.69, 9.17) is 5.11 Å². The van der Waals surface area contributed by atoms with Crippen molar-refractivity contribution in [3.05, 3.63) is 24.3 Å². The van der Waals surface area contributed by atoms with Crippen LogP contribution in [0.4, 0.5) is 5.69 Å². The molecule has 0 aliphatic carbocycles. The Morgan fingerprint density at radius 3 is 2.36 bits per heavy atom. The fourth-order valence-electron chi connectivity index (χ4n) is 1.41. The second-order valence-corrected chi connectivity index (χ2v) is 3.91. The van der Waals surface area contributed by atoms with E-state index in [2.05, 4.69) is 25.8 Å². The minimum absolute atomic E-state index is 0.325. The third-order valence-corrected chi connectivity index (χ3v) is 2.57. The summed E-state index contributed by atoms with van der Waals surface area (Å²) in [6.45, 7) is 5.51. The Labute approximate surface area is 86.2 Å². The largest absolute Gasteiger partial charge is 0.508 e. The highest BCUT2D eigenvalue weighted by Crippen LogP contribution is 2.18. The molecule has 1 aromatic rings. The van der Waals surface area contributed by atoms with Crippen molar-refractivity contribution < 1.29 is 5.11 Å². The summed E-state index contributed by atoms with van der Waals surface area (Å²) in [6, 6.07) is 7.33. The van der Waals surface area contributed by atoms with E-state index in [0.717, 1.165) is 12.2 Å². The fourth-order valence-corrected chi connectivity index (χ4v) is 1.41. The van der Waals surface area contributed by atoms with Crippen molar-refractivity contribution in [1.82, 2.24) is 0 Å². The van der Waals surface area contributed by atoms with E-state index in [1.165, 1.54) is 6.42 Å². The summed E-state index contributed by atoms with van der Waals surface area (Å²) < 4.78 is 0. The van der Waals surface area contributed by atoms with Crippen LogP contribution < -0.4 is 4.90 Å². The molecule has 0 saturated heterocycles. The van der Waals surface area contributed by atoms with Crippen molar-refractivity contribution in [2.45, 2.75) is 20.3 Å². The maximum Gasteiger partial charge on any atom is 0.115 e.